The topological polar surface area (TPSA) is 257 Å². The first-order valence-electron chi connectivity index (χ1n) is 24.0. The van der Waals surface area contributed by atoms with E-state index in [0.717, 1.165) is 23.7 Å². The highest BCUT2D eigenvalue weighted by atomic mass is 16.6. The standard InChI is InChI=1S/C52H71N7O10/c1-6-8-22-41(57-49(66)43(59-51(68)69-52(3,4)5)29-35-25-27-38(60)28-26-35)47(64)54-33-45(61)56-44(30-36-32-53-40-24-16-15-21-39(36)40)50(67)58-42(23-9-7-2)48(65)55-37(31-46(62)63)20-14-13-19-34-17-11-10-12-18-34/h10-12,15-18,21,24-28,32,37,41-44,53,60H,6-9,13-14,19-20,22-23,29-31,33H2,1-5H3,(H,54,64)(H,55,65)(H,56,61)(H,57,66)(H,58,67)(H,59,68)(H,62,63)/t37-,41-,42-,43-,44-/m0/s1. The smallest absolute Gasteiger partial charge is 0.408 e. The fourth-order valence-electron chi connectivity index (χ4n) is 7.79. The van der Waals surface area contributed by atoms with Gasteiger partial charge in [0.05, 0.1) is 13.0 Å². The van der Waals surface area contributed by atoms with E-state index < -0.39 is 84.0 Å². The third-order valence-corrected chi connectivity index (χ3v) is 11.4. The molecule has 5 atom stereocenters. The Hall–Kier alpha value is -6.91. The number of aromatic amines is 1. The van der Waals surface area contributed by atoms with Gasteiger partial charge in [-0.25, -0.2) is 4.79 Å². The largest absolute Gasteiger partial charge is 0.508 e. The number of rotatable bonds is 28. The number of carbonyl (C=O) groups excluding carboxylic acids is 6. The maximum atomic E-state index is 14.3. The number of nitrogens with one attached hydrogen (secondary N) is 7. The molecule has 9 N–H and O–H groups in total. The van der Waals surface area contributed by atoms with Gasteiger partial charge in [-0.3, -0.25) is 28.8 Å². The number of phenols is 1. The summed E-state index contributed by atoms with van der Waals surface area (Å²) in [5.41, 5.74) is 2.45. The van der Waals surface area contributed by atoms with Crippen molar-refractivity contribution in [3.63, 3.8) is 0 Å². The molecule has 374 valence electrons. The van der Waals surface area contributed by atoms with Crippen molar-refractivity contribution in [3.05, 3.63) is 102 Å². The molecule has 1 heterocycles. The monoisotopic (exact) mass is 954 g/mol. The van der Waals surface area contributed by atoms with E-state index in [-0.39, 0.29) is 37.9 Å². The van der Waals surface area contributed by atoms with Gasteiger partial charge >= 0.3 is 12.1 Å². The predicted molar refractivity (Wildman–Crippen MR) is 263 cm³/mol. The van der Waals surface area contributed by atoms with Crippen LogP contribution in [0.5, 0.6) is 5.75 Å². The minimum absolute atomic E-state index is 0.00876. The number of benzene rings is 3. The number of carboxylic acid groups (broad SMARTS) is 1. The average Bonchev–Trinajstić information content (AvgIpc) is 3.71. The molecule has 0 fully saturated rings. The Kier molecular flexibility index (Phi) is 22.0. The number of fused-ring (bicyclic) bond motifs is 1. The Balaban J connectivity index is 1.48. The molecule has 6 amide bonds. The maximum absolute atomic E-state index is 14.3. The lowest BCUT2D eigenvalue weighted by Gasteiger charge is -2.26. The molecule has 69 heavy (non-hydrogen) atoms. The number of H-pyrrole nitrogens is 1. The van der Waals surface area contributed by atoms with Crippen LogP contribution in [0.1, 0.15) is 116 Å². The van der Waals surface area contributed by atoms with Crippen LogP contribution in [0, 0.1) is 0 Å². The van der Waals surface area contributed by atoms with E-state index in [1.165, 1.54) is 17.7 Å². The summed E-state index contributed by atoms with van der Waals surface area (Å²) < 4.78 is 5.40. The highest BCUT2D eigenvalue weighted by Gasteiger charge is 2.31. The summed E-state index contributed by atoms with van der Waals surface area (Å²) in [4.78, 5) is 97.4. The second kappa shape index (κ2) is 27.8. The first-order chi connectivity index (χ1) is 32.9. The molecule has 0 aliphatic rings. The summed E-state index contributed by atoms with van der Waals surface area (Å²) in [5, 5.41) is 36.7. The molecule has 0 aliphatic heterocycles. The van der Waals surface area contributed by atoms with Crippen molar-refractivity contribution in [2.75, 3.05) is 6.54 Å². The minimum atomic E-state index is -1.21. The Morgan fingerprint density at radius 1 is 0.623 bits per heavy atom. The van der Waals surface area contributed by atoms with Gasteiger partial charge in [-0.2, -0.15) is 0 Å². The number of aliphatic carboxylic acids is 1. The number of alkyl carbamates (subject to hydrolysis) is 1. The molecule has 17 nitrogen and oxygen atoms in total. The number of carboxylic acids is 1. The summed E-state index contributed by atoms with van der Waals surface area (Å²) in [6, 6.07) is 18.3. The van der Waals surface area contributed by atoms with Crippen molar-refractivity contribution in [2.45, 2.75) is 154 Å². The number of phenolic OH excluding ortho intramolecular Hbond substituents is 1. The summed E-state index contributed by atoms with van der Waals surface area (Å²) in [6.07, 6.45) is 6.33. The fraction of sp³-hybridized carbons (Fsp3) is 0.481. The van der Waals surface area contributed by atoms with Crippen LogP contribution in [0.2, 0.25) is 0 Å². The lowest BCUT2D eigenvalue weighted by Crippen LogP contribution is -2.57. The van der Waals surface area contributed by atoms with Crippen molar-refractivity contribution >= 4 is 52.5 Å². The number of ether oxygens (including phenoxy) is 1. The van der Waals surface area contributed by atoms with Gasteiger partial charge in [0.1, 0.15) is 35.5 Å². The number of para-hydroxylation sites is 1. The quantitative estimate of drug-likeness (QED) is 0.0306. The predicted octanol–water partition coefficient (Wildman–Crippen LogP) is 5.88. The van der Waals surface area contributed by atoms with Crippen LogP contribution in [0.3, 0.4) is 0 Å². The second-order valence-corrected chi connectivity index (χ2v) is 18.4. The summed E-state index contributed by atoms with van der Waals surface area (Å²) in [6.45, 7) is 8.34. The first-order valence-corrected chi connectivity index (χ1v) is 24.0. The Morgan fingerprint density at radius 3 is 1.84 bits per heavy atom. The van der Waals surface area contributed by atoms with Crippen LogP contribution in [-0.2, 0) is 52.8 Å². The number of aromatic hydroxyl groups is 1. The van der Waals surface area contributed by atoms with Crippen LogP contribution < -0.4 is 31.9 Å². The Labute approximate surface area is 404 Å². The Bertz CT molecular complexity index is 2290. The Morgan fingerprint density at radius 2 is 1.22 bits per heavy atom. The molecule has 0 aliphatic carbocycles. The van der Waals surface area contributed by atoms with E-state index in [1.54, 1.807) is 39.1 Å². The van der Waals surface area contributed by atoms with Gasteiger partial charge in [0.2, 0.25) is 29.5 Å². The van der Waals surface area contributed by atoms with E-state index in [9.17, 15) is 43.8 Å². The van der Waals surface area contributed by atoms with Gasteiger partial charge in [0.25, 0.3) is 0 Å². The zero-order valence-corrected chi connectivity index (χ0v) is 40.5. The van der Waals surface area contributed by atoms with Crippen LogP contribution >= 0.6 is 0 Å². The van der Waals surface area contributed by atoms with E-state index in [2.05, 4.69) is 36.9 Å². The number of carbonyl (C=O) groups is 7. The lowest BCUT2D eigenvalue weighted by molar-refractivity contribution is -0.138. The van der Waals surface area contributed by atoms with Gasteiger partial charge < -0.3 is 51.8 Å². The van der Waals surface area contributed by atoms with Crippen molar-refractivity contribution in [1.29, 1.82) is 0 Å². The lowest BCUT2D eigenvalue weighted by atomic mass is 10.0. The van der Waals surface area contributed by atoms with Crippen molar-refractivity contribution in [1.82, 2.24) is 36.9 Å². The van der Waals surface area contributed by atoms with Gasteiger partial charge in [-0.1, -0.05) is 107 Å². The molecule has 1 aromatic heterocycles. The summed E-state index contributed by atoms with van der Waals surface area (Å²) in [5.74, 6) is -4.28. The van der Waals surface area contributed by atoms with Gasteiger partial charge in [-0.05, 0) is 87.8 Å². The third-order valence-electron chi connectivity index (χ3n) is 11.4. The van der Waals surface area contributed by atoms with Crippen LogP contribution in [0.25, 0.3) is 10.9 Å². The number of aryl methyl sites for hydroxylation is 1. The van der Waals surface area contributed by atoms with Crippen molar-refractivity contribution in [3.8, 4) is 5.75 Å². The van der Waals surface area contributed by atoms with E-state index in [0.29, 0.717) is 49.7 Å². The molecule has 4 rings (SSSR count). The normalized spacial score (nSPS) is 13.5. The van der Waals surface area contributed by atoms with E-state index >= 15 is 0 Å². The molecular weight excluding hydrogens is 883 g/mol. The van der Waals surface area contributed by atoms with Crippen molar-refractivity contribution < 1.29 is 48.5 Å². The fourth-order valence-corrected chi connectivity index (χ4v) is 7.79. The number of hydrogen-bond acceptors (Lipinski definition) is 9. The highest BCUT2D eigenvalue weighted by Crippen LogP contribution is 2.20. The molecule has 4 aromatic rings. The average molecular weight is 954 g/mol. The van der Waals surface area contributed by atoms with E-state index in [4.69, 9.17) is 4.74 Å². The molecular formula is C52H71N7O10. The SMILES string of the molecule is CCCC[C@H](NC(=O)[C@H](Cc1ccc(O)cc1)NC(=O)OC(C)(C)C)C(=O)NCC(=O)N[C@@H](Cc1c[nH]c2ccccc12)C(=O)N[C@@H](CCCC)C(=O)N[C@@H](CCCCc1ccccc1)CC(=O)O. The minimum Gasteiger partial charge on any atom is -0.508 e. The molecule has 0 bridgehead atoms. The second-order valence-electron chi connectivity index (χ2n) is 18.4. The number of hydrogen-bond donors (Lipinski definition) is 9. The van der Waals surface area contributed by atoms with Crippen LogP contribution in [0.4, 0.5) is 4.79 Å². The molecule has 0 saturated heterocycles. The zero-order valence-electron chi connectivity index (χ0n) is 40.5. The molecule has 0 spiro atoms. The van der Waals surface area contributed by atoms with Crippen LogP contribution in [-0.4, -0.2) is 99.2 Å². The maximum Gasteiger partial charge on any atom is 0.408 e. The number of unbranched alkanes of at least 4 members (excludes halogenated alkanes) is 3. The first kappa shape index (κ1) is 54.7. The highest BCUT2D eigenvalue weighted by molar-refractivity contribution is 5.96. The molecule has 0 radical (unpaired) electrons. The molecule has 17 heteroatoms. The number of aromatic nitrogens is 1. The van der Waals surface area contributed by atoms with Crippen molar-refractivity contribution in [2.24, 2.45) is 0 Å². The summed E-state index contributed by atoms with van der Waals surface area (Å²) in [7, 11) is 0. The number of amides is 6. The molecule has 3 aromatic carbocycles. The third kappa shape index (κ3) is 19.7. The van der Waals surface area contributed by atoms with Gasteiger partial charge in [-0.15, -0.1) is 0 Å². The summed E-state index contributed by atoms with van der Waals surface area (Å²) >= 11 is 0. The zero-order chi connectivity index (χ0) is 50.3. The molecule has 0 unspecified atom stereocenters. The van der Waals surface area contributed by atoms with E-state index in [1.807, 2.05) is 68.4 Å². The molecule has 0 saturated carbocycles. The van der Waals surface area contributed by atoms with Crippen LogP contribution in [0.15, 0.2) is 85.1 Å². The van der Waals surface area contributed by atoms with Gasteiger partial charge in [0, 0.05) is 36.0 Å². The van der Waals surface area contributed by atoms with Gasteiger partial charge in [0.15, 0.2) is 0 Å².